The number of carbonyl (C=O) groups is 3. The van der Waals surface area contributed by atoms with E-state index in [0.29, 0.717) is 17.8 Å². The second-order valence-electron chi connectivity index (χ2n) is 7.11. The summed E-state index contributed by atoms with van der Waals surface area (Å²) in [6.07, 6.45) is -0.144. The van der Waals surface area contributed by atoms with Crippen LogP contribution < -0.4 is 16.0 Å². The van der Waals surface area contributed by atoms with Crippen molar-refractivity contribution in [2.24, 2.45) is 0 Å². The zero-order valence-corrected chi connectivity index (χ0v) is 17.0. The molecule has 0 radical (unpaired) electrons. The van der Waals surface area contributed by atoms with E-state index in [1.165, 1.54) is 11.3 Å². The maximum Gasteiger partial charge on any atom is 0.407 e. The van der Waals surface area contributed by atoms with E-state index >= 15 is 0 Å². The molecule has 0 bridgehead atoms. The monoisotopic (exact) mass is 403 g/mol. The van der Waals surface area contributed by atoms with Crippen LogP contribution in [0.2, 0.25) is 0 Å². The Hall–Kier alpha value is -2.87. The molecule has 0 atom stereocenters. The third-order valence-corrected chi connectivity index (χ3v) is 4.24. The first-order chi connectivity index (χ1) is 13.2. The number of rotatable bonds is 7. The molecule has 2 rings (SSSR count). The van der Waals surface area contributed by atoms with Gasteiger partial charge in [-0.05, 0) is 50.4 Å². The van der Waals surface area contributed by atoms with Gasteiger partial charge in [-0.3, -0.25) is 9.59 Å². The molecule has 0 saturated carbocycles. The van der Waals surface area contributed by atoms with E-state index < -0.39 is 11.7 Å². The quantitative estimate of drug-likeness (QED) is 0.655. The van der Waals surface area contributed by atoms with Crippen LogP contribution in [0.5, 0.6) is 0 Å². The molecule has 0 fully saturated rings. The van der Waals surface area contributed by atoms with E-state index in [4.69, 9.17) is 4.74 Å². The number of thiophene rings is 1. The molecular formula is C20H25N3O4S. The summed E-state index contributed by atoms with van der Waals surface area (Å²) in [5.41, 5.74) is 0.586. The molecule has 150 valence electrons. The fraction of sp³-hybridized carbons (Fsp3) is 0.350. The van der Waals surface area contributed by atoms with Crippen molar-refractivity contribution in [2.75, 3.05) is 17.2 Å². The summed E-state index contributed by atoms with van der Waals surface area (Å²) in [4.78, 5) is 36.6. The van der Waals surface area contributed by atoms with Gasteiger partial charge in [0, 0.05) is 29.2 Å². The van der Waals surface area contributed by atoms with Gasteiger partial charge in [-0.25, -0.2) is 4.79 Å². The molecule has 0 aliphatic rings. The van der Waals surface area contributed by atoms with Gasteiger partial charge >= 0.3 is 6.09 Å². The van der Waals surface area contributed by atoms with E-state index in [0.717, 1.165) is 4.88 Å². The van der Waals surface area contributed by atoms with E-state index in [2.05, 4.69) is 16.0 Å². The van der Waals surface area contributed by atoms with Gasteiger partial charge in [0.15, 0.2) is 0 Å². The first kappa shape index (κ1) is 21.4. The Morgan fingerprint density at radius 1 is 1.00 bits per heavy atom. The molecule has 1 aromatic heterocycles. The first-order valence-corrected chi connectivity index (χ1v) is 9.78. The number of hydrogen-bond donors (Lipinski definition) is 3. The standard InChI is InChI=1S/C20H25N3O4S/c1-20(2,3)27-19(26)21-10-9-17(24)22-14-6-4-7-15(12-14)23-18(25)13-16-8-5-11-28-16/h4-8,11-12H,9-10,13H2,1-3H3,(H,21,26)(H,22,24)(H,23,25). The number of anilines is 2. The van der Waals surface area contributed by atoms with Gasteiger partial charge in [-0.1, -0.05) is 12.1 Å². The molecule has 0 aliphatic carbocycles. The normalized spacial score (nSPS) is 10.8. The van der Waals surface area contributed by atoms with Crippen LogP contribution in [-0.2, 0) is 20.7 Å². The van der Waals surface area contributed by atoms with Crippen molar-refractivity contribution >= 4 is 40.6 Å². The third-order valence-electron chi connectivity index (χ3n) is 3.37. The van der Waals surface area contributed by atoms with Crippen molar-refractivity contribution < 1.29 is 19.1 Å². The summed E-state index contributed by atoms with van der Waals surface area (Å²) in [6, 6.07) is 10.7. The molecular weight excluding hydrogens is 378 g/mol. The van der Waals surface area contributed by atoms with Crippen LogP contribution in [0.25, 0.3) is 0 Å². The topological polar surface area (TPSA) is 96.5 Å². The van der Waals surface area contributed by atoms with Gasteiger partial charge < -0.3 is 20.7 Å². The Morgan fingerprint density at radius 2 is 1.68 bits per heavy atom. The van der Waals surface area contributed by atoms with E-state index in [-0.39, 0.29) is 24.8 Å². The van der Waals surface area contributed by atoms with Gasteiger partial charge in [0.1, 0.15) is 5.60 Å². The molecule has 2 aromatic rings. The Bertz CT molecular complexity index is 813. The second-order valence-corrected chi connectivity index (χ2v) is 8.14. The lowest BCUT2D eigenvalue weighted by molar-refractivity contribution is -0.116. The molecule has 28 heavy (non-hydrogen) atoms. The number of amides is 3. The molecule has 3 amide bonds. The molecule has 1 heterocycles. The Kier molecular flexibility index (Phi) is 7.57. The summed E-state index contributed by atoms with van der Waals surface area (Å²) in [6.45, 7) is 5.47. The van der Waals surface area contributed by atoms with Gasteiger partial charge in [-0.2, -0.15) is 0 Å². The predicted octanol–water partition coefficient (Wildman–Crippen LogP) is 3.78. The van der Waals surface area contributed by atoms with Crippen LogP contribution in [0.15, 0.2) is 41.8 Å². The number of carbonyl (C=O) groups excluding carboxylic acids is 3. The molecule has 3 N–H and O–H groups in total. The van der Waals surface area contributed by atoms with E-state index in [1.54, 1.807) is 45.0 Å². The highest BCUT2D eigenvalue weighted by molar-refractivity contribution is 7.10. The van der Waals surface area contributed by atoms with Crippen molar-refractivity contribution in [3.63, 3.8) is 0 Å². The Balaban J connectivity index is 1.77. The van der Waals surface area contributed by atoms with E-state index in [9.17, 15) is 14.4 Å². The minimum absolute atomic E-state index is 0.105. The molecule has 0 saturated heterocycles. The molecule has 1 aromatic carbocycles. The largest absolute Gasteiger partial charge is 0.444 e. The average Bonchev–Trinajstić information content (AvgIpc) is 3.06. The molecule has 7 nitrogen and oxygen atoms in total. The number of benzene rings is 1. The number of hydrogen-bond acceptors (Lipinski definition) is 5. The minimum atomic E-state index is -0.583. The summed E-state index contributed by atoms with van der Waals surface area (Å²) < 4.78 is 5.11. The fourth-order valence-corrected chi connectivity index (χ4v) is 2.97. The van der Waals surface area contributed by atoms with Gasteiger partial charge in [0.05, 0.1) is 6.42 Å². The maximum absolute atomic E-state index is 12.1. The Labute approximate surface area is 168 Å². The van der Waals surface area contributed by atoms with Crippen molar-refractivity contribution in [1.82, 2.24) is 5.32 Å². The zero-order valence-electron chi connectivity index (χ0n) is 16.2. The Morgan fingerprint density at radius 3 is 2.29 bits per heavy atom. The van der Waals surface area contributed by atoms with E-state index in [1.807, 2.05) is 17.5 Å². The lowest BCUT2D eigenvalue weighted by atomic mass is 10.2. The summed E-state index contributed by atoms with van der Waals surface area (Å²) in [5, 5.41) is 10.0. The van der Waals surface area contributed by atoms with Crippen LogP contribution >= 0.6 is 11.3 Å². The number of alkyl carbamates (subject to hydrolysis) is 1. The smallest absolute Gasteiger partial charge is 0.407 e. The zero-order chi connectivity index (χ0) is 20.6. The third kappa shape index (κ3) is 8.22. The molecule has 0 unspecified atom stereocenters. The highest BCUT2D eigenvalue weighted by Gasteiger charge is 2.16. The lowest BCUT2D eigenvalue weighted by Crippen LogP contribution is -2.34. The molecule has 0 spiro atoms. The second kappa shape index (κ2) is 9.89. The highest BCUT2D eigenvalue weighted by Crippen LogP contribution is 2.16. The van der Waals surface area contributed by atoms with Crippen molar-refractivity contribution in [3.8, 4) is 0 Å². The van der Waals surface area contributed by atoms with Crippen molar-refractivity contribution in [3.05, 3.63) is 46.7 Å². The summed E-state index contributed by atoms with van der Waals surface area (Å²) in [5.74, 6) is -0.370. The van der Waals surface area contributed by atoms with Crippen LogP contribution in [-0.4, -0.2) is 30.1 Å². The molecule has 8 heteroatoms. The van der Waals surface area contributed by atoms with Crippen LogP contribution in [0, 0.1) is 0 Å². The minimum Gasteiger partial charge on any atom is -0.444 e. The van der Waals surface area contributed by atoms with Crippen LogP contribution in [0.3, 0.4) is 0 Å². The van der Waals surface area contributed by atoms with Gasteiger partial charge in [0.25, 0.3) is 0 Å². The molecule has 0 aliphatic heterocycles. The SMILES string of the molecule is CC(C)(C)OC(=O)NCCC(=O)Nc1cccc(NC(=O)Cc2cccs2)c1. The summed E-state index contributed by atoms with van der Waals surface area (Å²) in [7, 11) is 0. The van der Waals surface area contributed by atoms with Gasteiger partial charge in [0.2, 0.25) is 11.8 Å². The average molecular weight is 404 g/mol. The maximum atomic E-state index is 12.1. The lowest BCUT2D eigenvalue weighted by Gasteiger charge is -2.19. The highest BCUT2D eigenvalue weighted by atomic mass is 32.1. The number of nitrogens with one attached hydrogen (secondary N) is 3. The van der Waals surface area contributed by atoms with Gasteiger partial charge in [-0.15, -0.1) is 11.3 Å². The van der Waals surface area contributed by atoms with Crippen molar-refractivity contribution in [1.29, 1.82) is 0 Å². The van der Waals surface area contributed by atoms with Crippen LogP contribution in [0.1, 0.15) is 32.1 Å². The predicted molar refractivity (Wildman–Crippen MR) is 111 cm³/mol. The summed E-state index contributed by atoms with van der Waals surface area (Å²) >= 11 is 1.53. The fourth-order valence-electron chi connectivity index (χ4n) is 2.27. The van der Waals surface area contributed by atoms with Crippen LogP contribution in [0.4, 0.5) is 16.2 Å². The first-order valence-electron chi connectivity index (χ1n) is 8.90. The van der Waals surface area contributed by atoms with Crippen molar-refractivity contribution in [2.45, 2.75) is 39.2 Å². The number of ether oxygens (including phenoxy) is 1.